The summed E-state index contributed by atoms with van der Waals surface area (Å²) in [5.74, 6) is 0.535. The van der Waals surface area contributed by atoms with Crippen molar-refractivity contribution in [3.63, 3.8) is 0 Å². The van der Waals surface area contributed by atoms with Crippen LogP contribution in [0.1, 0.15) is 4.88 Å². The Labute approximate surface area is 120 Å². The molecular formula is C12H11N3O3S2. The van der Waals surface area contributed by atoms with Gasteiger partial charge in [-0.15, -0.1) is 11.3 Å². The number of nitrogens with zero attached hydrogens (tertiary/aromatic N) is 1. The number of anilines is 2. The lowest BCUT2D eigenvalue weighted by atomic mass is 10.2. The van der Waals surface area contributed by atoms with Crippen molar-refractivity contribution < 1.29 is 13.2 Å². The number of hydrogen-bond donors (Lipinski definition) is 2. The quantitative estimate of drug-likeness (QED) is 0.840. The molecule has 0 aliphatic carbocycles. The number of sulfonamides is 1. The number of methoxy groups -OCH3 is 1. The Morgan fingerprint density at radius 2 is 2.10 bits per heavy atom. The van der Waals surface area contributed by atoms with Crippen LogP contribution in [-0.2, 0) is 10.0 Å². The molecule has 0 saturated carbocycles. The molecule has 0 saturated heterocycles. The molecule has 104 valence electrons. The lowest BCUT2D eigenvalue weighted by Crippen LogP contribution is -2.12. The molecule has 0 amide bonds. The van der Waals surface area contributed by atoms with Gasteiger partial charge in [0.25, 0.3) is 10.0 Å². The van der Waals surface area contributed by atoms with Gasteiger partial charge in [0.15, 0.2) is 0 Å². The third-order valence-electron chi connectivity index (χ3n) is 2.46. The Balaban J connectivity index is 2.31. The Kier molecular flexibility index (Phi) is 3.83. The van der Waals surface area contributed by atoms with Crippen molar-refractivity contribution >= 4 is 32.7 Å². The van der Waals surface area contributed by atoms with Gasteiger partial charge in [-0.1, -0.05) is 0 Å². The maximum atomic E-state index is 12.1. The molecule has 0 spiro atoms. The van der Waals surface area contributed by atoms with Crippen LogP contribution >= 0.6 is 11.3 Å². The minimum atomic E-state index is -3.75. The molecule has 0 atom stereocenters. The first-order chi connectivity index (χ1) is 9.46. The molecule has 1 aromatic heterocycles. The molecule has 3 N–H and O–H groups in total. The van der Waals surface area contributed by atoms with Crippen molar-refractivity contribution in [3.8, 4) is 11.8 Å². The van der Waals surface area contributed by atoms with E-state index in [9.17, 15) is 8.42 Å². The fraction of sp³-hybridized carbons (Fsp3) is 0.0833. The summed E-state index contributed by atoms with van der Waals surface area (Å²) in [5.41, 5.74) is 6.27. The van der Waals surface area contributed by atoms with E-state index in [4.69, 9.17) is 15.7 Å². The average molecular weight is 309 g/mol. The van der Waals surface area contributed by atoms with Crippen LogP contribution in [0.25, 0.3) is 0 Å². The van der Waals surface area contributed by atoms with E-state index in [0.29, 0.717) is 10.6 Å². The van der Waals surface area contributed by atoms with Gasteiger partial charge < -0.3 is 10.5 Å². The SMILES string of the molecule is COc1ccc(NS(=O)(=O)c2ccc(C#N)s2)c(N)c1. The highest BCUT2D eigenvalue weighted by molar-refractivity contribution is 7.94. The van der Waals surface area contributed by atoms with Crippen molar-refractivity contribution in [2.75, 3.05) is 17.6 Å². The maximum Gasteiger partial charge on any atom is 0.271 e. The van der Waals surface area contributed by atoms with Crippen LogP contribution in [-0.4, -0.2) is 15.5 Å². The van der Waals surface area contributed by atoms with Crippen LogP contribution in [0.4, 0.5) is 11.4 Å². The molecule has 0 bridgehead atoms. The zero-order valence-electron chi connectivity index (χ0n) is 10.5. The summed E-state index contributed by atoms with van der Waals surface area (Å²) in [6.45, 7) is 0. The van der Waals surface area contributed by atoms with Crippen molar-refractivity contribution in [2.24, 2.45) is 0 Å². The standard InChI is InChI=1S/C12H11N3O3S2/c1-18-8-2-4-11(10(14)6-8)15-20(16,17)12-5-3-9(7-13)19-12/h2-6,15H,14H2,1H3. The monoisotopic (exact) mass is 309 g/mol. The fourth-order valence-corrected chi connectivity index (χ4v) is 3.67. The van der Waals surface area contributed by atoms with Gasteiger partial charge >= 0.3 is 0 Å². The molecule has 0 fully saturated rings. The summed E-state index contributed by atoms with van der Waals surface area (Å²) in [6, 6.07) is 9.37. The summed E-state index contributed by atoms with van der Waals surface area (Å²) < 4.78 is 31.7. The van der Waals surface area contributed by atoms with Gasteiger partial charge in [-0.05, 0) is 24.3 Å². The smallest absolute Gasteiger partial charge is 0.271 e. The van der Waals surface area contributed by atoms with E-state index in [1.165, 1.54) is 31.4 Å². The minimum Gasteiger partial charge on any atom is -0.497 e. The molecule has 0 unspecified atom stereocenters. The molecule has 1 heterocycles. The molecule has 2 aromatic rings. The van der Waals surface area contributed by atoms with E-state index in [-0.39, 0.29) is 15.6 Å². The first-order valence-corrected chi connectivity index (χ1v) is 7.72. The van der Waals surface area contributed by atoms with Crippen LogP contribution < -0.4 is 15.2 Å². The van der Waals surface area contributed by atoms with Gasteiger partial charge in [-0.25, -0.2) is 8.42 Å². The zero-order chi connectivity index (χ0) is 14.8. The number of ether oxygens (including phenoxy) is 1. The molecule has 0 radical (unpaired) electrons. The predicted octanol–water partition coefficient (Wildman–Crippen LogP) is 2.01. The van der Waals surface area contributed by atoms with Crippen LogP contribution in [0.2, 0.25) is 0 Å². The Morgan fingerprint density at radius 1 is 1.35 bits per heavy atom. The first kappa shape index (κ1) is 14.2. The number of nitrogens with two attached hydrogens (primary N) is 1. The van der Waals surface area contributed by atoms with Gasteiger partial charge in [-0.2, -0.15) is 5.26 Å². The highest BCUT2D eigenvalue weighted by Gasteiger charge is 2.18. The number of nitriles is 1. The summed E-state index contributed by atoms with van der Waals surface area (Å²) in [6.07, 6.45) is 0. The van der Waals surface area contributed by atoms with Gasteiger partial charge in [-0.3, -0.25) is 4.72 Å². The van der Waals surface area contributed by atoms with E-state index in [0.717, 1.165) is 11.3 Å². The van der Waals surface area contributed by atoms with Crippen molar-refractivity contribution in [1.29, 1.82) is 5.26 Å². The van der Waals surface area contributed by atoms with Crippen LogP contribution in [0.15, 0.2) is 34.5 Å². The van der Waals surface area contributed by atoms with E-state index < -0.39 is 10.0 Å². The van der Waals surface area contributed by atoms with Gasteiger partial charge in [0.1, 0.15) is 20.9 Å². The van der Waals surface area contributed by atoms with Crippen LogP contribution in [0.5, 0.6) is 5.75 Å². The van der Waals surface area contributed by atoms with E-state index >= 15 is 0 Å². The highest BCUT2D eigenvalue weighted by atomic mass is 32.2. The number of rotatable bonds is 4. The van der Waals surface area contributed by atoms with Gasteiger partial charge in [0.05, 0.1) is 18.5 Å². The minimum absolute atomic E-state index is 0.0595. The second kappa shape index (κ2) is 5.40. The summed E-state index contributed by atoms with van der Waals surface area (Å²) >= 11 is 0.895. The van der Waals surface area contributed by atoms with Crippen molar-refractivity contribution in [1.82, 2.24) is 0 Å². The molecule has 0 aliphatic rings. The maximum absolute atomic E-state index is 12.1. The lowest BCUT2D eigenvalue weighted by molar-refractivity contribution is 0.415. The van der Waals surface area contributed by atoms with E-state index in [2.05, 4.69) is 4.72 Å². The van der Waals surface area contributed by atoms with Crippen molar-refractivity contribution in [3.05, 3.63) is 35.2 Å². The molecular weight excluding hydrogens is 298 g/mol. The number of hydrogen-bond acceptors (Lipinski definition) is 6. The van der Waals surface area contributed by atoms with Gasteiger partial charge in [0, 0.05) is 6.07 Å². The first-order valence-electron chi connectivity index (χ1n) is 5.42. The second-order valence-corrected chi connectivity index (χ2v) is 6.78. The number of thiophene rings is 1. The van der Waals surface area contributed by atoms with E-state index in [1.807, 2.05) is 6.07 Å². The molecule has 20 heavy (non-hydrogen) atoms. The van der Waals surface area contributed by atoms with Crippen LogP contribution in [0.3, 0.4) is 0 Å². The summed E-state index contributed by atoms with van der Waals surface area (Å²) in [4.78, 5) is 0.327. The zero-order valence-corrected chi connectivity index (χ0v) is 12.1. The van der Waals surface area contributed by atoms with E-state index in [1.54, 1.807) is 6.07 Å². The normalized spacial score (nSPS) is 10.8. The van der Waals surface area contributed by atoms with Crippen LogP contribution in [0, 0.1) is 11.3 Å². The fourth-order valence-electron chi connectivity index (χ4n) is 1.48. The molecule has 8 heteroatoms. The highest BCUT2D eigenvalue weighted by Crippen LogP contribution is 2.28. The molecule has 2 rings (SSSR count). The third-order valence-corrected chi connectivity index (χ3v) is 5.31. The third kappa shape index (κ3) is 2.84. The predicted molar refractivity (Wildman–Crippen MR) is 77.2 cm³/mol. The van der Waals surface area contributed by atoms with Crippen molar-refractivity contribution in [2.45, 2.75) is 4.21 Å². The Morgan fingerprint density at radius 3 is 2.65 bits per heavy atom. The molecule has 0 aliphatic heterocycles. The average Bonchev–Trinajstić information content (AvgIpc) is 2.90. The number of nitrogens with one attached hydrogen (secondary N) is 1. The lowest BCUT2D eigenvalue weighted by Gasteiger charge is -2.10. The topological polar surface area (TPSA) is 105 Å². The number of nitrogen functional groups attached to an aromatic ring is 1. The molecule has 6 nitrogen and oxygen atoms in total. The Hall–Kier alpha value is -2.24. The Bertz CT molecular complexity index is 775. The second-order valence-electron chi connectivity index (χ2n) is 3.79. The largest absolute Gasteiger partial charge is 0.497 e. The summed E-state index contributed by atoms with van der Waals surface area (Å²) in [7, 11) is -2.25. The van der Waals surface area contributed by atoms with Gasteiger partial charge in [0.2, 0.25) is 0 Å². The number of benzene rings is 1. The summed E-state index contributed by atoms with van der Waals surface area (Å²) in [5, 5.41) is 8.72. The molecule has 1 aromatic carbocycles.